The zero-order valence-electron chi connectivity index (χ0n) is 11.3. The van der Waals surface area contributed by atoms with Gasteiger partial charge in [0.15, 0.2) is 0 Å². The molecule has 0 saturated heterocycles. The van der Waals surface area contributed by atoms with E-state index in [1.54, 1.807) is 0 Å². The Labute approximate surface area is 104 Å². The van der Waals surface area contributed by atoms with E-state index in [-0.39, 0.29) is 12.5 Å². The van der Waals surface area contributed by atoms with Crippen molar-refractivity contribution in [3.05, 3.63) is 0 Å². The zero-order valence-corrected chi connectivity index (χ0v) is 11.3. The standard InChI is InChI=1S/C13H27NO3/c1-4-5-6-7-14-11(8-10(2)3)12(15)9-13(16)17/h10-12,14-15H,4-9H2,1-3H3,(H,16,17)/t11-,12-/m0/s1. The van der Waals surface area contributed by atoms with E-state index in [0.717, 1.165) is 32.2 Å². The summed E-state index contributed by atoms with van der Waals surface area (Å²) in [6, 6.07) is -0.108. The molecule has 0 fully saturated rings. The predicted molar refractivity (Wildman–Crippen MR) is 69.0 cm³/mol. The van der Waals surface area contributed by atoms with Crippen LogP contribution in [-0.4, -0.2) is 34.9 Å². The van der Waals surface area contributed by atoms with E-state index in [4.69, 9.17) is 5.11 Å². The number of hydrogen-bond acceptors (Lipinski definition) is 3. The van der Waals surface area contributed by atoms with Gasteiger partial charge in [-0.1, -0.05) is 33.6 Å². The lowest BCUT2D eigenvalue weighted by Crippen LogP contribution is -2.42. The van der Waals surface area contributed by atoms with Gasteiger partial charge in [0.1, 0.15) is 0 Å². The van der Waals surface area contributed by atoms with E-state index in [1.807, 2.05) is 0 Å². The highest BCUT2D eigenvalue weighted by molar-refractivity contribution is 5.67. The number of aliphatic carboxylic acids is 1. The minimum Gasteiger partial charge on any atom is -0.481 e. The summed E-state index contributed by atoms with van der Waals surface area (Å²) < 4.78 is 0. The van der Waals surface area contributed by atoms with E-state index in [2.05, 4.69) is 26.1 Å². The number of carboxylic acids is 1. The third kappa shape index (κ3) is 9.12. The third-order valence-corrected chi connectivity index (χ3v) is 2.76. The number of hydrogen-bond donors (Lipinski definition) is 3. The molecule has 3 N–H and O–H groups in total. The van der Waals surface area contributed by atoms with Crippen LogP contribution in [0.5, 0.6) is 0 Å². The molecule has 102 valence electrons. The number of rotatable bonds is 10. The molecule has 0 radical (unpaired) electrons. The summed E-state index contributed by atoms with van der Waals surface area (Å²) in [7, 11) is 0. The van der Waals surface area contributed by atoms with E-state index in [0.29, 0.717) is 5.92 Å². The molecule has 17 heavy (non-hydrogen) atoms. The lowest BCUT2D eigenvalue weighted by atomic mass is 9.97. The quantitative estimate of drug-likeness (QED) is 0.515. The molecule has 0 amide bonds. The Hall–Kier alpha value is -0.610. The molecule has 0 aliphatic rings. The Bertz CT molecular complexity index is 207. The van der Waals surface area contributed by atoms with Gasteiger partial charge in [0.05, 0.1) is 12.5 Å². The van der Waals surface area contributed by atoms with Crippen LogP contribution in [0, 0.1) is 5.92 Å². The molecule has 0 aliphatic heterocycles. The van der Waals surface area contributed by atoms with Crippen LogP contribution >= 0.6 is 0 Å². The van der Waals surface area contributed by atoms with E-state index < -0.39 is 12.1 Å². The number of unbranched alkanes of at least 4 members (excludes halogenated alkanes) is 2. The zero-order chi connectivity index (χ0) is 13.3. The van der Waals surface area contributed by atoms with Crippen molar-refractivity contribution in [2.24, 2.45) is 5.92 Å². The predicted octanol–water partition coefficient (Wildman–Crippen LogP) is 2.02. The van der Waals surface area contributed by atoms with Gasteiger partial charge in [0.2, 0.25) is 0 Å². The Morgan fingerprint density at radius 1 is 1.29 bits per heavy atom. The summed E-state index contributed by atoms with van der Waals surface area (Å²) >= 11 is 0. The van der Waals surface area contributed by atoms with Gasteiger partial charge in [-0.3, -0.25) is 4.79 Å². The van der Waals surface area contributed by atoms with Crippen LogP contribution in [0.1, 0.15) is 52.9 Å². The van der Waals surface area contributed by atoms with Gasteiger partial charge in [0.25, 0.3) is 0 Å². The second kappa shape index (κ2) is 9.42. The maximum Gasteiger partial charge on any atom is 0.306 e. The molecule has 0 spiro atoms. The first-order valence-corrected chi connectivity index (χ1v) is 6.60. The van der Waals surface area contributed by atoms with Gasteiger partial charge in [-0.2, -0.15) is 0 Å². The first kappa shape index (κ1) is 16.4. The van der Waals surface area contributed by atoms with Crippen molar-refractivity contribution in [3.63, 3.8) is 0 Å². The van der Waals surface area contributed by atoms with Crippen LogP contribution in [0.25, 0.3) is 0 Å². The second-order valence-corrected chi connectivity index (χ2v) is 5.06. The van der Waals surface area contributed by atoms with Crippen molar-refractivity contribution >= 4 is 5.97 Å². The maximum absolute atomic E-state index is 10.6. The molecule has 2 atom stereocenters. The smallest absolute Gasteiger partial charge is 0.306 e. The fourth-order valence-electron chi connectivity index (χ4n) is 1.87. The molecule has 4 heteroatoms. The average molecular weight is 245 g/mol. The Morgan fingerprint density at radius 3 is 2.41 bits per heavy atom. The van der Waals surface area contributed by atoms with Crippen molar-refractivity contribution in [1.29, 1.82) is 0 Å². The summed E-state index contributed by atoms with van der Waals surface area (Å²) in [6.45, 7) is 7.15. The highest BCUT2D eigenvalue weighted by Crippen LogP contribution is 2.11. The number of carboxylic acid groups (broad SMARTS) is 1. The fraction of sp³-hybridized carbons (Fsp3) is 0.923. The van der Waals surface area contributed by atoms with Gasteiger partial charge in [-0.05, 0) is 25.3 Å². The second-order valence-electron chi connectivity index (χ2n) is 5.06. The summed E-state index contributed by atoms with van der Waals surface area (Å²) in [5.74, 6) is -0.497. The molecule has 0 bridgehead atoms. The molecule has 0 aromatic rings. The molecular formula is C13H27NO3. The molecule has 0 rings (SSSR count). The molecule has 0 unspecified atom stereocenters. The SMILES string of the molecule is CCCCCN[C@@H](CC(C)C)[C@@H](O)CC(=O)O. The third-order valence-electron chi connectivity index (χ3n) is 2.76. The van der Waals surface area contributed by atoms with Crippen molar-refractivity contribution in [1.82, 2.24) is 5.32 Å². The lowest BCUT2D eigenvalue weighted by molar-refractivity contribution is -0.139. The fourth-order valence-corrected chi connectivity index (χ4v) is 1.87. The number of aliphatic hydroxyl groups excluding tert-OH is 1. The first-order chi connectivity index (χ1) is 7.97. The van der Waals surface area contributed by atoms with Crippen molar-refractivity contribution in [2.45, 2.75) is 65.0 Å². The summed E-state index contributed by atoms with van der Waals surface area (Å²) in [4.78, 5) is 10.6. The molecule has 0 aromatic heterocycles. The van der Waals surface area contributed by atoms with Crippen molar-refractivity contribution in [3.8, 4) is 0 Å². The molecule has 0 aromatic carbocycles. The number of aliphatic hydroxyl groups is 1. The number of carbonyl (C=O) groups is 1. The highest BCUT2D eigenvalue weighted by atomic mass is 16.4. The van der Waals surface area contributed by atoms with E-state index in [1.165, 1.54) is 0 Å². The molecule has 0 aliphatic carbocycles. The Balaban J connectivity index is 4.07. The number of nitrogens with one attached hydrogen (secondary N) is 1. The van der Waals surface area contributed by atoms with E-state index in [9.17, 15) is 9.90 Å². The first-order valence-electron chi connectivity index (χ1n) is 6.60. The summed E-state index contributed by atoms with van der Waals surface area (Å²) in [6.07, 6.45) is 3.23. The van der Waals surface area contributed by atoms with Gasteiger partial charge in [0, 0.05) is 6.04 Å². The normalized spacial score (nSPS) is 14.9. The van der Waals surface area contributed by atoms with Crippen LogP contribution < -0.4 is 5.32 Å². The summed E-state index contributed by atoms with van der Waals surface area (Å²) in [5, 5.41) is 21.8. The molecule has 0 saturated carbocycles. The van der Waals surface area contributed by atoms with Crippen LogP contribution in [0.4, 0.5) is 0 Å². The minimum atomic E-state index is -0.943. The van der Waals surface area contributed by atoms with E-state index >= 15 is 0 Å². The maximum atomic E-state index is 10.6. The largest absolute Gasteiger partial charge is 0.481 e. The molecule has 0 heterocycles. The monoisotopic (exact) mass is 245 g/mol. The van der Waals surface area contributed by atoms with Gasteiger partial charge in [-0.25, -0.2) is 0 Å². The topological polar surface area (TPSA) is 69.6 Å². The van der Waals surface area contributed by atoms with Gasteiger partial charge in [-0.15, -0.1) is 0 Å². The van der Waals surface area contributed by atoms with Crippen molar-refractivity contribution < 1.29 is 15.0 Å². The van der Waals surface area contributed by atoms with Crippen LogP contribution in [0.15, 0.2) is 0 Å². The Morgan fingerprint density at radius 2 is 1.94 bits per heavy atom. The Kier molecular flexibility index (Phi) is 9.09. The van der Waals surface area contributed by atoms with Crippen LogP contribution in [0.3, 0.4) is 0 Å². The van der Waals surface area contributed by atoms with Crippen molar-refractivity contribution in [2.75, 3.05) is 6.54 Å². The molecular weight excluding hydrogens is 218 g/mol. The minimum absolute atomic E-state index is 0.108. The summed E-state index contributed by atoms with van der Waals surface area (Å²) in [5.41, 5.74) is 0. The molecule has 4 nitrogen and oxygen atoms in total. The van der Waals surface area contributed by atoms with Crippen LogP contribution in [0.2, 0.25) is 0 Å². The average Bonchev–Trinajstić information content (AvgIpc) is 2.21. The highest BCUT2D eigenvalue weighted by Gasteiger charge is 2.21. The van der Waals surface area contributed by atoms with Gasteiger partial charge >= 0.3 is 5.97 Å². The van der Waals surface area contributed by atoms with Gasteiger partial charge < -0.3 is 15.5 Å². The van der Waals surface area contributed by atoms with Crippen LogP contribution in [-0.2, 0) is 4.79 Å². The lowest BCUT2D eigenvalue weighted by Gasteiger charge is -2.25.